The monoisotopic (exact) mass is 295 g/mol. The Hall–Kier alpha value is -0.870. The van der Waals surface area contributed by atoms with Crippen LogP contribution in [0.4, 0.5) is 0 Å². The molecule has 1 heterocycles. The van der Waals surface area contributed by atoms with Crippen LogP contribution in [0, 0.1) is 5.92 Å². The lowest BCUT2D eigenvalue weighted by Gasteiger charge is -2.10. The topological polar surface area (TPSA) is 39.1 Å². The van der Waals surface area contributed by atoms with Crippen LogP contribution in [-0.4, -0.2) is 30.0 Å². The molecule has 1 rings (SSSR count). The number of nitrogens with one attached hydrogen (secondary N) is 1. The minimum atomic E-state index is 0.684. The van der Waals surface area contributed by atoms with Crippen molar-refractivity contribution < 1.29 is 4.74 Å². The van der Waals surface area contributed by atoms with Gasteiger partial charge in [0.1, 0.15) is 0 Å². The van der Waals surface area contributed by atoms with E-state index in [1.165, 1.54) is 17.0 Å². The third-order valence-corrected chi connectivity index (χ3v) is 3.74. The molecule has 0 saturated carbocycles. The zero-order valence-corrected chi connectivity index (χ0v) is 14.5. The van der Waals surface area contributed by atoms with Crippen LogP contribution in [-0.2, 0) is 30.7 Å². The van der Waals surface area contributed by atoms with E-state index >= 15 is 0 Å². The molecule has 4 heteroatoms. The van der Waals surface area contributed by atoms with Gasteiger partial charge in [-0.3, -0.25) is 4.68 Å². The van der Waals surface area contributed by atoms with Gasteiger partial charge < -0.3 is 10.1 Å². The van der Waals surface area contributed by atoms with Gasteiger partial charge in [0.15, 0.2) is 0 Å². The minimum Gasteiger partial charge on any atom is -0.385 e. The van der Waals surface area contributed by atoms with Crippen LogP contribution in [0.3, 0.4) is 0 Å². The van der Waals surface area contributed by atoms with Gasteiger partial charge in [0, 0.05) is 38.1 Å². The molecule has 1 N–H and O–H groups in total. The van der Waals surface area contributed by atoms with Crippen LogP contribution >= 0.6 is 0 Å². The third-order valence-electron chi connectivity index (χ3n) is 3.74. The summed E-state index contributed by atoms with van der Waals surface area (Å²) in [6, 6.07) is 0. The summed E-state index contributed by atoms with van der Waals surface area (Å²) in [6.07, 6.45) is 4.29. The second-order valence-corrected chi connectivity index (χ2v) is 6.03. The second-order valence-electron chi connectivity index (χ2n) is 6.03. The Balaban J connectivity index is 2.72. The Bertz CT molecular complexity index is 399. The van der Waals surface area contributed by atoms with Crippen molar-refractivity contribution in [3.63, 3.8) is 0 Å². The van der Waals surface area contributed by atoms with Gasteiger partial charge in [-0.2, -0.15) is 5.10 Å². The van der Waals surface area contributed by atoms with Gasteiger partial charge >= 0.3 is 0 Å². The van der Waals surface area contributed by atoms with E-state index < -0.39 is 0 Å². The van der Waals surface area contributed by atoms with Crippen molar-refractivity contribution in [2.45, 2.75) is 66.5 Å². The number of hydrogen-bond acceptors (Lipinski definition) is 3. The zero-order chi connectivity index (χ0) is 15.7. The minimum absolute atomic E-state index is 0.684. The molecule has 0 aliphatic rings. The predicted octanol–water partition coefficient (Wildman–Crippen LogP) is 3.18. The van der Waals surface area contributed by atoms with E-state index in [-0.39, 0.29) is 0 Å². The average Bonchev–Trinajstić information content (AvgIpc) is 2.80. The van der Waals surface area contributed by atoms with Crippen molar-refractivity contribution in [3.05, 3.63) is 17.0 Å². The molecule has 0 bridgehead atoms. The Morgan fingerprint density at radius 3 is 2.52 bits per heavy atom. The van der Waals surface area contributed by atoms with Crippen LogP contribution in [0.5, 0.6) is 0 Å². The van der Waals surface area contributed by atoms with E-state index in [0.29, 0.717) is 5.92 Å². The van der Waals surface area contributed by atoms with Gasteiger partial charge in [0.2, 0.25) is 0 Å². The third kappa shape index (κ3) is 5.79. The smallest absolute Gasteiger partial charge is 0.0669 e. The van der Waals surface area contributed by atoms with Crippen molar-refractivity contribution in [2.24, 2.45) is 5.92 Å². The molecule has 1 aromatic heterocycles. The Morgan fingerprint density at radius 2 is 1.95 bits per heavy atom. The van der Waals surface area contributed by atoms with Crippen LogP contribution in [0.25, 0.3) is 0 Å². The largest absolute Gasteiger partial charge is 0.385 e. The molecular formula is C17H33N3O. The maximum Gasteiger partial charge on any atom is 0.0669 e. The summed E-state index contributed by atoms with van der Waals surface area (Å²) in [4.78, 5) is 0. The number of nitrogens with zero attached hydrogens (tertiary/aromatic N) is 2. The van der Waals surface area contributed by atoms with Crippen LogP contribution in [0.2, 0.25) is 0 Å². The molecule has 0 aliphatic heterocycles. The first kappa shape index (κ1) is 18.2. The maximum atomic E-state index is 5.12. The average molecular weight is 295 g/mol. The molecule has 0 amide bonds. The molecule has 4 nitrogen and oxygen atoms in total. The Morgan fingerprint density at radius 1 is 1.19 bits per heavy atom. The lowest BCUT2D eigenvalue weighted by Crippen LogP contribution is -2.20. The molecule has 0 aromatic carbocycles. The van der Waals surface area contributed by atoms with Crippen molar-refractivity contribution in [1.29, 1.82) is 0 Å². The molecule has 122 valence electrons. The molecule has 0 saturated heterocycles. The molecule has 0 atom stereocenters. The van der Waals surface area contributed by atoms with Gasteiger partial charge in [-0.05, 0) is 38.1 Å². The fourth-order valence-corrected chi connectivity index (χ4v) is 2.65. The van der Waals surface area contributed by atoms with Gasteiger partial charge in [-0.15, -0.1) is 0 Å². The quantitative estimate of drug-likeness (QED) is 0.637. The highest BCUT2D eigenvalue weighted by Crippen LogP contribution is 2.17. The highest BCUT2D eigenvalue weighted by atomic mass is 16.5. The molecule has 0 radical (unpaired) electrons. The number of methoxy groups -OCH3 is 1. The second kappa shape index (κ2) is 9.96. The fraction of sp³-hybridized carbons (Fsp3) is 0.824. The normalized spacial score (nSPS) is 11.5. The zero-order valence-electron chi connectivity index (χ0n) is 14.5. The van der Waals surface area contributed by atoms with E-state index in [2.05, 4.69) is 37.7 Å². The molecule has 1 aromatic rings. The van der Waals surface area contributed by atoms with Gasteiger partial charge in [0.25, 0.3) is 0 Å². The fourth-order valence-electron chi connectivity index (χ4n) is 2.65. The predicted molar refractivity (Wildman–Crippen MR) is 88.6 cm³/mol. The number of aromatic nitrogens is 2. The van der Waals surface area contributed by atoms with Crippen molar-refractivity contribution in [1.82, 2.24) is 15.1 Å². The van der Waals surface area contributed by atoms with Crippen LogP contribution < -0.4 is 5.32 Å². The van der Waals surface area contributed by atoms with E-state index in [1.807, 2.05) is 0 Å². The summed E-state index contributed by atoms with van der Waals surface area (Å²) in [7, 11) is 1.76. The number of ether oxygens (including phenoxy) is 1. The molecule has 0 fully saturated rings. The van der Waals surface area contributed by atoms with Gasteiger partial charge in [-0.1, -0.05) is 27.7 Å². The lowest BCUT2D eigenvalue weighted by atomic mass is 10.1. The highest BCUT2D eigenvalue weighted by Gasteiger charge is 2.14. The van der Waals surface area contributed by atoms with E-state index in [1.54, 1.807) is 7.11 Å². The molecule has 21 heavy (non-hydrogen) atoms. The standard InChI is InChI=1S/C17H33N3O/c1-6-16-15(13-18-12-14(3)4)17(7-2)20(19-16)10-8-9-11-21-5/h14,18H,6-13H2,1-5H3. The van der Waals surface area contributed by atoms with Gasteiger partial charge in [0.05, 0.1) is 5.69 Å². The van der Waals surface area contributed by atoms with E-state index in [9.17, 15) is 0 Å². The molecule has 0 aliphatic carbocycles. The number of hydrogen-bond donors (Lipinski definition) is 1. The van der Waals surface area contributed by atoms with Gasteiger partial charge in [-0.25, -0.2) is 0 Å². The lowest BCUT2D eigenvalue weighted by molar-refractivity contribution is 0.191. The van der Waals surface area contributed by atoms with E-state index in [0.717, 1.165) is 51.9 Å². The maximum absolute atomic E-state index is 5.12. The summed E-state index contributed by atoms with van der Waals surface area (Å²) >= 11 is 0. The first-order valence-corrected chi connectivity index (χ1v) is 8.41. The SMILES string of the molecule is CCc1nn(CCCCOC)c(CC)c1CNCC(C)C. The first-order valence-electron chi connectivity index (χ1n) is 8.41. The molecular weight excluding hydrogens is 262 g/mol. The summed E-state index contributed by atoms with van der Waals surface area (Å²) in [5, 5.41) is 8.40. The number of aryl methyl sites for hydroxylation is 2. The Labute approximate surface area is 130 Å². The van der Waals surface area contributed by atoms with Crippen LogP contribution in [0.15, 0.2) is 0 Å². The summed E-state index contributed by atoms with van der Waals surface area (Å²) in [6.45, 7) is 12.8. The summed E-state index contributed by atoms with van der Waals surface area (Å²) < 4.78 is 7.35. The highest BCUT2D eigenvalue weighted by molar-refractivity contribution is 5.26. The molecule has 0 unspecified atom stereocenters. The van der Waals surface area contributed by atoms with Crippen molar-refractivity contribution >= 4 is 0 Å². The number of rotatable bonds is 11. The van der Waals surface area contributed by atoms with Crippen LogP contribution in [0.1, 0.15) is 57.5 Å². The van der Waals surface area contributed by atoms with Crippen molar-refractivity contribution in [2.75, 3.05) is 20.3 Å². The van der Waals surface area contributed by atoms with E-state index in [4.69, 9.17) is 9.84 Å². The number of unbranched alkanes of at least 4 members (excludes halogenated alkanes) is 1. The summed E-state index contributed by atoms with van der Waals surface area (Å²) in [5.74, 6) is 0.684. The molecule has 0 spiro atoms. The Kier molecular flexibility index (Phi) is 8.62. The first-order chi connectivity index (χ1) is 10.1. The summed E-state index contributed by atoms with van der Waals surface area (Å²) in [5.41, 5.74) is 4.09. The van der Waals surface area contributed by atoms with Crippen molar-refractivity contribution in [3.8, 4) is 0 Å².